The van der Waals surface area contributed by atoms with Gasteiger partial charge in [-0.1, -0.05) is 0 Å². The zero-order valence-electron chi connectivity index (χ0n) is 13.1. The van der Waals surface area contributed by atoms with Gasteiger partial charge in [0.25, 0.3) is 0 Å². The van der Waals surface area contributed by atoms with Crippen LogP contribution in [0.2, 0.25) is 0 Å². The fourth-order valence-corrected chi connectivity index (χ4v) is 3.02. The van der Waals surface area contributed by atoms with Crippen molar-refractivity contribution in [1.82, 2.24) is 4.98 Å². The van der Waals surface area contributed by atoms with Crippen LogP contribution in [0.1, 0.15) is 18.7 Å². The first kappa shape index (κ1) is 16.6. The third-order valence-corrected chi connectivity index (χ3v) is 4.31. The molecule has 0 unspecified atom stereocenters. The van der Waals surface area contributed by atoms with E-state index >= 15 is 0 Å². The van der Waals surface area contributed by atoms with E-state index < -0.39 is 0 Å². The Morgan fingerprint density at radius 3 is 2.59 bits per heavy atom. The minimum atomic E-state index is 0.0280. The van der Waals surface area contributed by atoms with Crippen LogP contribution in [0.25, 0.3) is 0 Å². The van der Waals surface area contributed by atoms with Crippen molar-refractivity contribution >= 4 is 22.2 Å². The highest BCUT2D eigenvalue weighted by molar-refractivity contribution is 7.15. The molecule has 5 nitrogen and oxygen atoms in total. The predicted octanol–water partition coefficient (Wildman–Crippen LogP) is 2.97. The van der Waals surface area contributed by atoms with E-state index in [1.54, 1.807) is 11.3 Å². The van der Waals surface area contributed by atoms with Crippen molar-refractivity contribution in [3.05, 3.63) is 35.3 Å². The Kier molecular flexibility index (Phi) is 6.48. The van der Waals surface area contributed by atoms with Gasteiger partial charge in [0, 0.05) is 29.9 Å². The number of ether oxygens (including phenoxy) is 1. The fraction of sp³-hybridized carbons (Fsp3) is 0.438. The van der Waals surface area contributed by atoms with Gasteiger partial charge >= 0.3 is 0 Å². The second kappa shape index (κ2) is 8.60. The zero-order chi connectivity index (χ0) is 15.8. The number of benzene rings is 1. The Morgan fingerprint density at radius 1 is 1.23 bits per heavy atom. The quantitative estimate of drug-likeness (QED) is 0.743. The van der Waals surface area contributed by atoms with Crippen LogP contribution in [-0.2, 0) is 6.54 Å². The van der Waals surface area contributed by atoms with E-state index in [4.69, 9.17) is 9.84 Å². The number of aromatic nitrogens is 1. The molecule has 2 aromatic rings. The van der Waals surface area contributed by atoms with Gasteiger partial charge in [-0.2, -0.15) is 0 Å². The Bertz CT molecular complexity index is 553. The van der Waals surface area contributed by atoms with Crippen molar-refractivity contribution in [2.24, 2.45) is 0 Å². The summed E-state index contributed by atoms with van der Waals surface area (Å²) in [6.45, 7) is 7.35. The normalized spacial score (nSPS) is 10.5. The van der Waals surface area contributed by atoms with Crippen molar-refractivity contribution in [1.29, 1.82) is 0 Å². The Balaban J connectivity index is 1.87. The van der Waals surface area contributed by atoms with Gasteiger partial charge in [-0.15, -0.1) is 11.3 Å². The van der Waals surface area contributed by atoms with E-state index in [0.717, 1.165) is 36.2 Å². The Labute approximate surface area is 135 Å². The maximum Gasteiger partial charge on any atom is 0.185 e. The maximum atomic E-state index is 8.72. The molecule has 2 N–H and O–H groups in total. The summed E-state index contributed by atoms with van der Waals surface area (Å²) in [6.07, 6.45) is 1.93. The number of rotatable bonds is 9. The van der Waals surface area contributed by atoms with Crippen molar-refractivity contribution in [2.45, 2.75) is 20.4 Å². The van der Waals surface area contributed by atoms with E-state index in [1.807, 2.05) is 30.5 Å². The summed E-state index contributed by atoms with van der Waals surface area (Å²) < 4.78 is 5.34. The lowest BCUT2D eigenvalue weighted by Crippen LogP contribution is -2.21. The molecule has 0 saturated carbocycles. The number of hydrogen-bond acceptors (Lipinski definition) is 6. The molecule has 0 atom stereocenters. The summed E-state index contributed by atoms with van der Waals surface area (Å²) in [5.74, 6) is 0.765. The fourth-order valence-electron chi connectivity index (χ4n) is 2.04. The average Bonchev–Trinajstić information content (AvgIpc) is 3.02. The van der Waals surface area contributed by atoms with E-state index in [1.165, 1.54) is 4.88 Å². The standard InChI is InChI=1S/C16H23N3O2S/c1-3-19(4-2)16-18-12-15(22-16)11-17-13-5-7-14(8-6-13)21-10-9-20/h5-8,12,17,20H,3-4,9-11H2,1-2H3. The molecule has 0 aliphatic rings. The number of hydrogen-bond donors (Lipinski definition) is 2. The maximum absolute atomic E-state index is 8.72. The van der Waals surface area contributed by atoms with Crippen LogP contribution in [-0.4, -0.2) is 36.4 Å². The molecule has 0 bridgehead atoms. The molecule has 1 heterocycles. The number of aliphatic hydroxyl groups excluding tert-OH is 1. The van der Waals surface area contributed by atoms with E-state index in [0.29, 0.717) is 6.61 Å². The van der Waals surface area contributed by atoms with E-state index in [9.17, 15) is 0 Å². The zero-order valence-corrected chi connectivity index (χ0v) is 13.9. The van der Waals surface area contributed by atoms with E-state index in [2.05, 4.69) is 29.0 Å². The molecule has 0 fully saturated rings. The van der Waals surface area contributed by atoms with Crippen LogP contribution in [0.5, 0.6) is 5.75 Å². The summed E-state index contributed by atoms with van der Waals surface area (Å²) in [4.78, 5) is 7.94. The van der Waals surface area contributed by atoms with Crippen LogP contribution in [0.4, 0.5) is 10.8 Å². The smallest absolute Gasteiger partial charge is 0.185 e. The van der Waals surface area contributed by atoms with Gasteiger partial charge in [0.05, 0.1) is 13.2 Å². The van der Waals surface area contributed by atoms with Gasteiger partial charge in [0.1, 0.15) is 12.4 Å². The van der Waals surface area contributed by atoms with Crippen molar-refractivity contribution in [2.75, 3.05) is 36.5 Å². The largest absolute Gasteiger partial charge is 0.491 e. The molecule has 22 heavy (non-hydrogen) atoms. The van der Waals surface area contributed by atoms with Gasteiger partial charge < -0.3 is 20.1 Å². The molecule has 2 rings (SSSR count). The lowest BCUT2D eigenvalue weighted by Gasteiger charge is -2.16. The number of thiazole rings is 1. The lowest BCUT2D eigenvalue weighted by molar-refractivity contribution is 0.201. The monoisotopic (exact) mass is 321 g/mol. The predicted molar refractivity (Wildman–Crippen MR) is 92.0 cm³/mol. The van der Waals surface area contributed by atoms with Crippen LogP contribution in [0.3, 0.4) is 0 Å². The number of nitrogens with zero attached hydrogens (tertiary/aromatic N) is 2. The first-order valence-corrected chi connectivity index (χ1v) is 8.35. The second-order valence-corrected chi connectivity index (χ2v) is 5.83. The third-order valence-electron chi connectivity index (χ3n) is 3.26. The lowest BCUT2D eigenvalue weighted by atomic mass is 10.3. The minimum absolute atomic E-state index is 0.0280. The molecular formula is C16H23N3O2S. The topological polar surface area (TPSA) is 57.6 Å². The molecule has 0 aliphatic carbocycles. The number of anilines is 2. The van der Waals surface area contributed by atoms with Gasteiger partial charge in [-0.25, -0.2) is 4.98 Å². The SMILES string of the molecule is CCN(CC)c1ncc(CNc2ccc(OCCO)cc2)s1. The summed E-state index contributed by atoms with van der Waals surface area (Å²) in [5.41, 5.74) is 1.04. The first-order chi connectivity index (χ1) is 10.8. The highest BCUT2D eigenvalue weighted by Gasteiger charge is 2.07. The van der Waals surface area contributed by atoms with Gasteiger partial charge in [0.15, 0.2) is 5.13 Å². The summed E-state index contributed by atoms with van der Waals surface area (Å²) >= 11 is 1.72. The third kappa shape index (κ3) is 4.61. The van der Waals surface area contributed by atoms with Crippen molar-refractivity contribution in [3.63, 3.8) is 0 Å². The molecule has 1 aromatic carbocycles. The van der Waals surface area contributed by atoms with Crippen LogP contribution < -0.4 is 15.0 Å². The molecule has 0 spiro atoms. The average molecular weight is 321 g/mol. The molecule has 120 valence electrons. The molecule has 0 amide bonds. The second-order valence-electron chi connectivity index (χ2n) is 4.73. The summed E-state index contributed by atoms with van der Waals surface area (Å²) in [6, 6.07) is 7.73. The number of aliphatic hydroxyl groups is 1. The van der Waals surface area contributed by atoms with Crippen LogP contribution in [0, 0.1) is 0 Å². The Morgan fingerprint density at radius 2 is 1.95 bits per heavy atom. The molecule has 0 aliphatic heterocycles. The van der Waals surface area contributed by atoms with E-state index in [-0.39, 0.29) is 6.61 Å². The molecule has 0 radical (unpaired) electrons. The molecular weight excluding hydrogens is 298 g/mol. The van der Waals surface area contributed by atoms with Crippen molar-refractivity contribution in [3.8, 4) is 5.75 Å². The van der Waals surface area contributed by atoms with Gasteiger partial charge in [0.2, 0.25) is 0 Å². The van der Waals surface area contributed by atoms with Gasteiger partial charge in [-0.05, 0) is 38.1 Å². The minimum Gasteiger partial charge on any atom is -0.491 e. The first-order valence-electron chi connectivity index (χ1n) is 7.54. The molecule has 6 heteroatoms. The molecule has 0 saturated heterocycles. The van der Waals surface area contributed by atoms with Crippen LogP contribution >= 0.6 is 11.3 Å². The highest BCUT2D eigenvalue weighted by atomic mass is 32.1. The summed E-state index contributed by atoms with van der Waals surface area (Å²) in [5, 5.41) is 13.2. The van der Waals surface area contributed by atoms with Crippen molar-refractivity contribution < 1.29 is 9.84 Å². The van der Waals surface area contributed by atoms with Gasteiger partial charge in [-0.3, -0.25) is 0 Å². The summed E-state index contributed by atoms with van der Waals surface area (Å²) in [7, 11) is 0. The van der Waals surface area contributed by atoms with Crippen LogP contribution in [0.15, 0.2) is 30.5 Å². The molecule has 1 aromatic heterocycles. The number of nitrogens with one attached hydrogen (secondary N) is 1. The highest BCUT2D eigenvalue weighted by Crippen LogP contribution is 2.23. The Hall–Kier alpha value is -1.79.